The summed E-state index contributed by atoms with van der Waals surface area (Å²) in [6.07, 6.45) is 3.97. The van der Waals surface area contributed by atoms with E-state index in [9.17, 15) is 0 Å². The standard InChI is InChI=1S/C11H20N2OS/c1-3-9-7-12-11(15-9)13-8(2)10-5-4-6-14-10/h8-10H,3-7H2,1-2H3,(H,12,13). The van der Waals surface area contributed by atoms with Crippen LogP contribution in [0.1, 0.15) is 33.1 Å². The highest BCUT2D eigenvalue weighted by Gasteiger charge is 2.25. The molecule has 1 N–H and O–H groups in total. The van der Waals surface area contributed by atoms with Gasteiger partial charge in [-0.3, -0.25) is 4.99 Å². The third kappa shape index (κ3) is 2.88. The Hall–Kier alpha value is -0.220. The fourth-order valence-corrected chi connectivity index (χ4v) is 3.03. The highest BCUT2D eigenvalue weighted by Crippen LogP contribution is 2.23. The predicted molar refractivity (Wildman–Crippen MR) is 65.5 cm³/mol. The summed E-state index contributed by atoms with van der Waals surface area (Å²) >= 11 is 1.88. The number of amidine groups is 1. The molecule has 0 bridgehead atoms. The Bertz CT molecular complexity index is 239. The third-order valence-corrected chi connectivity index (χ3v) is 4.33. The van der Waals surface area contributed by atoms with E-state index in [0.29, 0.717) is 17.4 Å². The third-order valence-electron chi connectivity index (χ3n) is 3.05. The van der Waals surface area contributed by atoms with E-state index in [1.807, 2.05) is 11.8 Å². The first-order chi connectivity index (χ1) is 7.29. The first-order valence-electron chi connectivity index (χ1n) is 5.89. The van der Waals surface area contributed by atoms with Crippen molar-refractivity contribution in [3.05, 3.63) is 0 Å². The van der Waals surface area contributed by atoms with Crippen LogP contribution < -0.4 is 5.32 Å². The number of nitrogens with zero attached hydrogens (tertiary/aromatic N) is 1. The van der Waals surface area contributed by atoms with E-state index in [4.69, 9.17) is 4.74 Å². The second kappa shape index (κ2) is 5.21. The first-order valence-corrected chi connectivity index (χ1v) is 6.76. The average molecular weight is 228 g/mol. The SMILES string of the molecule is CCC1CN=C(NC(C)C2CCCO2)S1. The second-order valence-corrected chi connectivity index (χ2v) is 5.57. The zero-order valence-corrected chi connectivity index (χ0v) is 10.3. The Morgan fingerprint density at radius 1 is 1.67 bits per heavy atom. The molecule has 0 saturated carbocycles. The topological polar surface area (TPSA) is 33.6 Å². The van der Waals surface area contributed by atoms with E-state index in [-0.39, 0.29) is 0 Å². The van der Waals surface area contributed by atoms with Crippen molar-refractivity contribution >= 4 is 16.9 Å². The van der Waals surface area contributed by atoms with Gasteiger partial charge < -0.3 is 10.1 Å². The zero-order chi connectivity index (χ0) is 10.7. The van der Waals surface area contributed by atoms with Crippen LogP contribution in [0, 0.1) is 0 Å². The van der Waals surface area contributed by atoms with Crippen LogP contribution in [0.5, 0.6) is 0 Å². The Kier molecular flexibility index (Phi) is 3.92. The summed E-state index contributed by atoms with van der Waals surface area (Å²) in [5.74, 6) is 0. The zero-order valence-electron chi connectivity index (χ0n) is 9.53. The lowest BCUT2D eigenvalue weighted by Gasteiger charge is -2.20. The largest absolute Gasteiger partial charge is 0.376 e. The summed E-state index contributed by atoms with van der Waals surface area (Å²) in [5, 5.41) is 5.27. The van der Waals surface area contributed by atoms with Crippen LogP contribution in [-0.4, -0.2) is 35.7 Å². The summed E-state index contributed by atoms with van der Waals surface area (Å²) in [4.78, 5) is 4.51. The van der Waals surface area contributed by atoms with Crippen LogP contribution in [-0.2, 0) is 4.74 Å². The Morgan fingerprint density at radius 3 is 3.13 bits per heavy atom. The fourth-order valence-electron chi connectivity index (χ4n) is 1.99. The number of hydrogen-bond acceptors (Lipinski definition) is 4. The van der Waals surface area contributed by atoms with Gasteiger partial charge in [0.1, 0.15) is 0 Å². The van der Waals surface area contributed by atoms with Gasteiger partial charge in [-0.1, -0.05) is 18.7 Å². The molecular formula is C11H20N2OS. The van der Waals surface area contributed by atoms with Crippen molar-refractivity contribution in [1.82, 2.24) is 5.32 Å². The Morgan fingerprint density at radius 2 is 2.53 bits per heavy atom. The molecule has 4 heteroatoms. The second-order valence-electron chi connectivity index (χ2n) is 4.28. The molecule has 86 valence electrons. The van der Waals surface area contributed by atoms with Crippen LogP contribution in [0.3, 0.4) is 0 Å². The van der Waals surface area contributed by atoms with Crippen molar-refractivity contribution in [2.45, 2.75) is 50.5 Å². The van der Waals surface area contributed by atoms with E-state index in [2.05, 4.69) is 24.2 Å². The van der Waals surface area contributed by atoms with E-state index >= 15 is 0 Å². The van der Waals surface area contributed by atoms with Gasteiger partial charge in [-0.2, -0.15) is 0 Å². The van der Waals surface area contributed by atoms with E-state index in [1.54, 1.807) is 0 Å². The Labute approximate surface area is 96.1 Å². The maximum atomic E-state index is 5.65. The maximum Gasteiger partial charge on any atom is 0.157 e. The molecule has 2 aliphatic heterocycles. The number of nitrogens with one attached hydrogen (secondary N) is 1. The maximum absolute atomic E-state index is 5.65. The molecular weight excluding hydrogens is 208 g/mol. The van der Waals surface area contributed by atoms with Gasteiger partial charge in [0.25, 0.3) is 0 Å². The minimum Gasteiger partial charge on any atom is -0.376 e. The molecule has 0 spiro atoms. The average Bonchev–Trinajstić information content (AvgIpc) is 2.87. The van der Waals surface area contributed by atoms with Gasteiger partial charge >= 0.3 is 0 Å². The molecule has 0 aromatic carbocycles. The highest BCUT2D eigenvalue weighted by atomic mass is 32.2. The van der Waals surface area contributed by atoms with Gasteiger partial charge in [-0.15, -0.1) is 0 Å². The molecule has 3 nitrogen and oxygen atoms in total. The molecule has 0 aromatic heterocycles. The molecule has 2 aliphatic rings. The number of hydrogen-bond donors (Lipinski definition) is 1. The van der Waals surface area contributed by atoms with E-state index in [1.165, 1.54) is 19.3 Å². The van der Waals surface area contributed by atoms with Gasteiger partial charge in [0.2, 0.25) is 0 Å². The van der Waals surface area contributed by atoms with Crippen molar-refractivity contribution in [1.29, 1.82) is 0 Å². The van der Waals surface area contributed by atoms with Crippen LogP contribution in [0.4, 0.5) is 0 Å². The number of thioether (sulfide) groups is 1. The van der Waals surface area contributed by atoms with Crippen LogP contribution >= 0.6 is 11.8 Å². The van der Waals surface area contributed by atoms with Gasteiger partial charge in [0.05, 0.1) is 18.7 Å². The van der Waals surface area contributed by atoms with Gasteiger partial charge in [-0.25, -0.2) is 0 Å². The van der Waals surface area contributed by atoms with Crippen molar-refractivity contribution in [2.24, 2.45) is 4.99 Å². The molecule has 0 aromatic rings. The number of aliphatic imine (C=N–C) groups is 1. The quantitative estimate of drug-likeness (QED) is 0.802. The molecule has 2 rings (SSSR count). The number of ether oxygens (including phenoxy) is 1. The number of rotatable bonds is 3. The Balaban J connectivity index is 1.77. The first kappa shape index (κ1) is 11.3. The van der Waals surface area contributed by atoms with Crippen LogP contribution in [0.25, 0.3) is 0 Å². The summed E-state index contributed by atoms with van der Waals surface area (Å²) < 4.78 is 5.65. The molecule has 1 fully saturated rings. The van der Waals surface area contributed by atoms with Crippen molar-refractivity contribution < 1.29 is 4.74 Å². The van der Waals surface area contributed by atoms with Crippen molar-refractivity contribution in [2.75, 3.05) is 13.2 Å². The molecule has 0 aliphatic carbocycles. The fraction of sp³-hybridized carbons (Fsp3) is 0.909. The molecule has 3 atom stereocenters. The minimum atomic E-state index is 0.383. The lowest BCUT2D eigenvalue weighted by Crippen LogP contribution is -2.39. The van der Waals surface area contributed by atoms with Crippen LogP contribution in [0.2, 0.25) is 0 Å². The summed E-state index contributed by atoms with van der Waals surface area (Å²) in [6, 6.07) is 0.398. The van der Waals surface area contributed by atoms with Gasteiger partial charge in [-0.05, 0) is 26.2 Å². The van der Waals surface area contributed by atoms with Gasteiger partial charge in [0, 0.05) is 11.9 Å². The molecule has 15 heavy (non-hydrogen) atoms. The van der Waals surface area contributed by atoms with Crippen LogP contribution in [0.15, 0.2) is 4.99 Å². The predicted octanol–water partition coefficient (Wildman–Crippen LogP) is 2.02. The molecule has 0 radical (unpaired) electrons. The molecule has 0 amide bonds. The highest BCUT2D eigenvalue weighted by molar-refractivity contribution is 8.14. The summed E-state index contributed by atoms with van der Waals surface area (Å²) in [7, 11) is 0. The van der Waals surface area contributed by atoms with Crippen molar-refractivity contribution in [3.63, 3.8) is 0 Å². The van der Waals surface area contributed by atoms with E-state index in [0.717, 1.165) is 18.3 Å². The minimum absolute atomic E-state index is 0.383. The molecule has 2 heterocycles. The molecule has 1 saturated heterocycles. The summed E-state index contributed by atoms with van der Waals surface area (Å²) in [5.41, 5.74) is 0. The molecule has 3 unspecified atom stereocenters. The monoisotopic (exact) mass is 228 g/mol. The lowest BCUT2D eigenvalue weighted by molar-refractivity contribution is 0.0896. The van der Waals surface area contributed by atoms with Gasteiger partial charge in [0.15, 0.2) is 5.17 Å². The smallest absolute Gasteiger partial charge is 0.157 e. The lowest BCUT2D eigenvalue weighted by atomic mass is 10.1. The summed E-state index contributed by atoms with van der Waals surface area (Å²) in [6.45, 7) is 6.31. The van der Waals surface area contributed by atoms with Crippen molar-refractivity contribution in [3.8, 4) is 0 Å². The van der Waals surface area contributed by atoms with E-state index < -0.39 is 0 Å². The normalized spacial score (nSPS) is 32.8.